The van der Waals surface area contributed by atoms with Crippen molar-refractivity contribution < 1.29 is 9.53 Å². The fourth-order valence-electron chi connectivity index (χ4n) is 3.98. The predicted molar refractivity (Wildman–Crippen MR) is 72.4 cm³/mol. The summed E-state index contributed by atoms with van der Waals surface area (Å²) < 4.78 is 6.35. The zero-order valence-corrected chi connectivity index (χ0v) is 11.2. The van der Waals surface area contributed by atoms with Crippen LogP contribution in [0.5, 0.6) is 0 Å². The summed E-state index contributed by atoms with van der Waals surface area (Å²) in [6.45, 7) is 2.17. The third kappa shape index (κ3) is 1.29. The molecular formula is C17H18O2. The molecule has 1 unspecified atom stereocenters. The molecular weight excluding hydrogens is 236 g/mol. The molecule has 98 valence electrons. The molecule has 2 nitrogen and oxygen atoms in total. The molecule has 0 aromatic heterocycles. The third-order valence-electron chi connectivity index (χ3n) is 5.16. The zero-order chi connectivity index (χ0) is 13.1. The smallest absolute Gasteiger partial charge is 0.162 e. The number of hydrogen-bond donors (Lipinski definition) is 0. The maximum atomic E-state index is 12.3. The van der Waals surface area contributed by atoms with Crippen molar-refractivity contribution >= 4 is 5.78 Å². The van der Waals surface area contributed by atoms with Crippen LogP contribution in [0.2, 0.25) is 0 Å². The summed E-state index contributed by atoms with van der Waals surface area (Å²) in [5, 5.41) is 0. The van der Waals surface area contributed by atoms with Gasteiger partial charge in [-0.25, -0.2) is 0 Å². The average molecular weight is 254 g/mol. The Morgan fingerprint density at radius 2 is 1.84 bits per heavy atom. The summed E-state index contributed by atoms with van der Waals surface area (Å²) in [5.74, 6) is 1.32. The summed E-state index contributed by atoms with van der Waals surface area (Å²) in [6, 6.07) is 10.4. The summed E-state index contributed by atoms with van der Waals surface area (Å²) in [4.78, 5) is 12.3. The fourth-order valence-corrected chi connectivity index (χ4v) is 3.98. The van der Waals surface area contributed by atoms with Gasteiger partial charge in [-0.05, 0) is 31.7 Å². The van der Waals surface area contributed by atoms with Crippen LogP contribution in [-0.2, 0) is 15.1 Å². The Morgan fingerprint density at radius 3 is 2.53 bits per heavy atom. The van der Waals surface area contributed by atoms with E-state index in [1.807, 2.05) is 6.07 Å². The average Bonchev–Trinajstić information content (AvgIpc) is 3.16. The van der Waals surface area contributed by atoms with Gasteiger partial charge in [-0.15, -0.1) is 0 Å². The number of benzene rings is 1. The number of allylic oxidation sites excluding steroid dienone is 1. The van der Waals surface area contributed by atoms with Crippen molar-refractivity contribution in [3.8, 4) is 0 Å². The topological polar surface area (TPSA) is 26.3 Å². The van der Waals surface area contributed by atoms with Crippen LogP contribution in [0, 0.1) is 5.41 Å². The molecule has 1 aliphatic heterocycles. The molecule has 1 saturated carbocycles. The molecule has 1 spiro atoms. The van der Waals surface area contributed by atoms with Crippen LogP contribution in [0.4, 0.5) is 0 Å². The van der Waals surface area contributed by atoms with Crippen molar-refractivity contribution in [2.24, 2.45) is 5.41 Å². The van der Waals surface area contributed by atoms with Gasteiger partial charge >= 0.3 is 0 Å². The molecule has 19 heavy (non-hydrogen) atoms. The van der Waals surface area contributed by atoms with E-state index in [4.69, 9.17) is 4.74 Å². The van der Waals surface area contributed by atoms with Crippen LogP contribution in [-0.4, -0.2) is 5.78 Å². The van der Waals surface area contributed by atoms with Crippen molar-refractivity contribution in [2.75, 3.05) is 0 Å². The van der Waals surface area contributed by atoms with Gasteiger partial charge in [0.2, 0.25) is 0 Å². The molecule has 1 atom stereocenters. The van der Waals surface area contributed by atoms with E-state index in [0.29, 0.717) is 12.2 Å². The van der Waals surface area contributed by atoms with Gasteiger partial charge in [0.25, 0.3) is 0 Å². The van der Waals surface area contributed by atoms with E-state index in [1.165, 1.54) is 5.56 Å². The van der Waals surface area contributed by atoms with Crippen molar-refractivity contribution in [1.29, 1.82) is 0 Å². The van der Waals surface area contributed by atoms with E-state index >= 15 is 0 Å². The molecule has 2 aliphatic carbocycles. The Hall–Kier alpha value is -1.57. The van der Waals surface area contributed by atoms with Gasteiger partial charge in [0, 0.05) is 23.8 Å². The van der Waals surface area contributed by atoms with Crippen LogP contribution in [0.25, 0.3) is 0 Å². The number of rotatable bonds is 1. The van der Waals surface area contributed by atoms with Gasteiger partial charge in [0.1, 0.15) is 11.4 Å². The Morgan fingerprint density at radius 1 is 1.11 bits per heavy atom. The van der Waals surface area contributed by atoms with Crippen molar-refractivity contribution in [3.63, 3.8) is 0 Å². The van der Waals surface area contributed by atoms with Crippen LogP contribution >= 0.6 is 0 Å². The summed E-state index contributed by atoms with van der Waals surface area (Å²) in [6.07, 6.45) is 4.75. The highest BCUT2D eigenvalue weighted by molar-refractivity contribution is 5.99. The molecule has 3 aliphatic rings. The van der Waals surface area contributed by atoms with Crippen LogP contribution in [0.3, 0.4) is 0 Å². The van der Waals surface area contributed by atoms with Gasteiger partial charge in [0.15, 0.2) is 5.78 Å². The molecule has 0 amide bonds. The van der Waals surface area contributed by atoms with Crippen LogP contribution < -0.4 is 0 Å². The second-order valence-corrected chi connectivity index (χ2v) is 6.16. The summed E-state index contributed by atoms with van der Waals surface area (Å²) >= 11 is 0. The molecule has 1 heterocycles. The van der Waals surface area contributed by atoms with Gasteiger partial charge in [-0.3, -0.25) is 4.79 Å². The fraction of sp³-hybridized carbons (Fsp3) is 0.471. The largest absolute Gasteiger partial charge is 0.486 e. The second-order valence-electron chi connectivity index (χ2n) is 6.16. The number of ether oxygens (including phenoxy) is 1. The van der Waals surface area contributed by atoms with Crippen LogP contribution in [0.1, 0.15) is 44.6 Å². The molecule has 1 aromatic rings. The molecule has 4 rings (SSSR count). The standard InChI is InChI=1S/C17H18O2/c1-16(12-6-3-2-4-7-12)17(10-11-17)15-13(18)8-5-9-14(15)19-16/h2-4,6-7H,5,8-11H2,1H3. The second kappa shape index (κ2) is 3.50. The third-order valence-corrected chi connectivity index (χ3v) is 5.16. The Kier molecular flexibility index (Phi) is 2.08. The van der Waals surface area contributed by atoms with E-state index in [0.717, 1.165) is 37.0 Å². The lowest BCUT2D eigenvalue weighted by Crippen LogP contribution is -2.33. The number of carbonyl (C=O) groups excluding carboxylic acids is 1. The first-order valence-corrected chi connectivity index (χ1v) is 7.19. The monoisotopic (exact) mass is 254 g/mol. The lowest BCUT2D eigenvalue weighted by molar-refractivity contribution is -0.116. The van der Waals surface area contributed by atoms with Gasteiger partial charge < -0.3 is 4.74 Å². The maximum Gasteiger partial charge on any atom is 0.162 e. The molecule has 1 fully saturated rings. The SMILES string of the molecule is CC1(c2ccccc2)OC2=C(C(=O)CCC2)C12CC2. The normalized spacial score (nSPS) is 31.3. The van der Waals surface area contributed by atoms with Crippen molar-refractivity contribution in [1.82, 2.24) is 0 Å². The van der Waals surface area contributed by atoms with E-state index in [9.17, 15) is 4.79 Å². The molecule has 0 saturated heterocycles. The highest BCUT2D eigenvalue weighted by Gasteiger charge is 2.67. The van der Waals surface area contributed by atoms with Crippen LogP contribution in [0.15, 0.2) is 41.7 Å². The first-order chi connectivity index (χ1) is 9.17. The lowest BCUT2D eigenvalue weighted by Gasteiger charge is -2.33. The molecule has 0 bridgehead atoms. The number of fused-ring (bicyclic) bond motifs is 1. The number of Topliss-reactive ketones (excluding diaryl/α,β-unsaturated/α-hetero) is 1. The van der Waals surface area contributed by atoms with Crippen molar-refractivity contribution in [2.45, 2.75) is 44.6 Å². The van der Waals surface area contributed by atoms with Crippen molar-refractivity contribution in [3.05, 3.63) is 47.2 Å². The highest BCUT2D eigenvalue weighted by Crippen LogP contribution is 2.70. The Labute approximate surface area is 113 Å². The number of ketones is 1. The van der Waals surface area contributed by atoms with E-state index in [-0.39, 0.29) is 11.0 Å². The summed E-state index contributed by atoms with van der Waals surface area (Å²) in [5.41, 5.74) is 1.87. The zero-order valence-electron chi connectivity index (χ0n) is 11.2. The van der Waals surface area contributed by atoms with Gasteiger partial charge in [0.05, 0.1) is 0 Å². The predicted octanol–water partition coefficient (Wildman–Crippen LogP) is 3.72. The van der Waals surface area contributed by atoms with E-state index < -0.39 is 0 Å². The summed E-state index contributed by atoms with van der Waals surface area (Å²) in [7, 11) is 0. The Bertz CT molecular complexity index is 581. The van der Waals surface area contributed by atoms with Gasteiger partial charge in [-0.2, -0.15) is 0 Å². The van der Waals surface area contributed by atoms with Gasteiger partial charge in [-0.1, -0.05) is 30.3 Å². The molecule has 0 N–H and O–H groups in total. The molecule has 1 aromatic carbocycles. The minimum atomic E-state index is -0.334. The Balaban J connectivity index is 1.85. The molecule has 0 radical (unpaired) electrons. The minimum Gasteiger partial charge on any atom is -0.486 e. The molecule has 2 heteroatoms. The number of hydrogen-bond acceptors (Lipinski definition) is 2. The first-order valence-electron chi connectivity index (χ1n) is 7.19. The maximum absolute atomic E-state index is 12.3. The van der Waals surface area contributed by atoms with E-state index in [2.05, 4.69) is 31.2 Å². The quantitative estimate of drug-likeness (QED) is 0.763. The lowest BCUT2D eigenvalue weighted by atomic mass is 9.74. The minimum absolute atomic E-state index is 0.0266. The highest BCUT2D eigenvalue weighted by atomic mass is 16.5. The number of carbonyl (C=O) groups is 1. The first kappa shape index (κ1) is 11.3. The van der Waals surface area contributed by atoms with E-state index in [1.54, 1.807) is 0 Å².